The lowest BCUT2D eigenvalue weighted by Crippen LogP contribution is -2.18. The number of hydrogen-bond donors (Lipinski definition) is 1. The first-order valence-corrected chi connectivity index (χ1v) is 6.71. The summed E-state index contributed by atoms with van der Waals surface area (Å²) >= 11 is 2.90. The largest absolute Gasteiger partial charge is 0.465 e. The summed E-state index contributed by atoms with van der Waals surface area (Å²) in [5, 5.41) is 2.39. The molecular formula is C13H13BrF3NO3. The fourth-order valence-electron chi connectivity index (χ4n) is 1.84. The molecule has 8 heteroatoms. The van der Waals surface area contributed by atoms with Gasteiger partial charge in [0.05, 0.1) is 23.9 Å². The van der Waals surface area contributed by atoms with Gasteiger partial charge in [0.15, 0.2) is 0 Å². The first kappa shape index (κ1) is 17.5. The zero-order valence-electron chi connectivity index (χ0n) is 11.5. The van der Waals surface area contributed by atoms with E-state index in [-0.39, 0.29) is 27.7 Å². The van der Waals surface area contributed by atoms with Crippen molar-refractivity contribution in [2.45, 2.75) is 26.4 Å². The topological polar surface area (TPSA) is 55.4 Å². The van der Waals surface area contributed by atoms with Crippen molar-refractivity contribution in [3.63, 3.8) is 0 Å². The molecule has 0 bridgehead atoms. The van der Waals surface area contributed by atoms with Crippen molar-refractivity contribution in [2.75, 3.05) is 12.4 Å². The maximum absolute atomic E-state index is 13.0. The van der Waals surface area contributed by atoms with Gasteiger partial charge in [-0.25, -0.2) is 4.79 Å². The highest BCUT2D eigenvalue weighted by atomic mass is 79.9. The van der Waals surface area contributed by atoms with Gasteiger partial charge in [-0.05, 0) is 34.0 Å². The molecule has 0 atom stereocenters. The second kappa shape index (κ2) is 6.46. The predicted molar refractivity (Wildman–Crippen MR) is 74.2 cm³/mol. The van der Waals surface area contributed by atoms with E-state index < -0.39 is 23.6 Å². The van der Waals surface area contributed by atoms with Crippen molar-refractivity contribution in [1.29, 1.82) is 0 Å². The van der Waals surface area contributed by atoms with Crippen LogP contribution in [0.4, 0.5) is 18.9 Å². The van der Waals surface area contributed by atoms with Crippen LogP contribution < -0.4 is 5.32 Å². The number of esters is 1. The fraction of sp³-hybridized carbons (Fsp3) is 0.385. The fourth-order valence-corrected chi connectivity index (χ4v) is 2.66. The molecule has 1 aromatic rings. The molecule has 0 spiro atoms. The Balaban J connectivity index is 3.72. The zero-order valence-corrected chi connectivity index (χ0v) is 13.1. The van der Waals surface area contributed by atoms with Crippen LogP contribution in [-0.2, 0) is 22.1 Å². The van der Waals surface area contributed by atoms with Gasteiger partial charge < -0.3 is 10.1 Å². The van der Waals surface area contributed by atoms with Crippen LogP contribution in [0.3, 0.4) is 0 Å². The molecule has 4 nitrogen and oxygen atoms in total. The number of rotatable bonds is 3. The lowest BCUT2D eigenvalue weighted by atomic mass is 10.00. The third kappa shape index (κ3) is 3.75. The number of anilines is 1. The van der Waals surface area contributed by atoms with E-state index in [1.165, 1.54) is 6.92 Å². The molecule has 0 heterocycles. The molecule has 1 amide bonds. The number of alkyl halides is 3. The Hall–Kier alpha value is -1.57. The van der Waals surface area contributed by atoms with E-state index in [9.17, 15) is 22.8 Å². The van der Waals surface area contributed by atoms with E-state index >= 15 is 0 Å². The van der Waals surface area contributed by atoms with Gasteiger partial charge in [-0.2, -0.15) is 13.2 Å². The second-order valence-electron chi connectivity index (χ2n) is 4.16. The normalized spacial score (nSPS) is 11.2. The quantitative estimate of drug-likeness (QED) is 0.827. The summed E-state index contributed by atoms with van der Waals surface area (Å²) in [4.78, 5) is 23.0. The highest BCUT2D eigenvalue weighted by Gasteiger charge is 2.36. The number of carbonyl (C=O) groups excluding carboxylic acids is 2. The van der Waals surface area contributed by atoms with Crippen LogP contribution in [0.2, 0.25) is 0 Å². The first-order chi connectivity index (χ1) is 9.63. The van der Waals surface area contributed by atoms with Crippen LogP contribution in [-0.4, -0.2) is 19.0 Å². The molecule has 0 unspecified atom stereocenters. The SMILES string of the molecule is CCc1c(Br)c(C(F)(F)F)cc(C(=O)OC)c1NC(C)=O. The van der Waals surface area contributed by atoms with Gasteiger partial charge in [0, 0.05) is 11.4 Å². The van der Waals surface area contributed by atoms with Crippen molar-refractivity contribution >= 4 is 33.5 Å². The molecule has 21 heavy (non-hydrogen) atoms. The summed E-state index contributed by atoms with van der Waals surface area (Å²) in [6.45, 7) is 2.82. The van der Waals surface area contributed by atoms with Crippen LogP contribution in [0.1, 0.15) is 35.3 Å². The molecular weight excluding hydrogens is 355 g/mol. The lowest BCUT2D eigenvalue weighted by Gasteiger charge is -2.19. The van der Waals surface area contributed by atoms with E-state index in [0.717, 1.165) is 7.11 Å². The van der Waals surface area contributed by atoms with Gasteiger partial charge in [-0.3, -0.25) is 4.79 Å². The van der Waals surface area contributed by atoms with Crippen LogP contribution in [0.15, 0.2) is 10.5 Å². The number of nitrogens with one attached hydrogen (secondary N) is 1. The van der Waals surface area contributed by atoms with Gasteiger partial charge in [0.25, 0.3) is 0 Å². The van der Waals surface area contributed by atoms with E-state index in [0.29, 0.717) is 6.07 Å². The van der Waals surface area contributed by atoms with E-state index in [1.54, 1.807) is 6.92 Å². The van der Waals surface area contributed by atoms with Gasteiger partial charge in [-0.1, -0.05) is 6.92 Å². The number of amides is 1. The Labute approximate surface area is 127 Å². The summed E-state index contributed by atoms with van der Waals surface area (Å²) in [5.74, 6) is -1.45. The van der Waals surface area contributed by atoms with Gasteiger partial charge in [0.2, 0.25) is 5.91 Å². The first-order valence-electron chi connectivity index (χ1n) is 5.91. The van der Waals surface area contributed by atoms with Crippen LogP contribution in [0.5, 0.6) is 0 Å². The Bertz CT molecular complexity index is 585. The van der Waals surface area contributed by atoms with E-state index in [4.69, 9.17) is 0 Å². The van der Waals surface area contributed by atoms with Crippen molar-refractivity contribution in [1.82, 2.24) is 0 Å². The van der Waals surface area contributed by atoms with Crippen molar-refractivity contribution in [3.8, 4) is 0 Å². The number of ether oxygens (including phenoxy) is 1. The molecule has 0 aliphatic rings. The molecule has 0 saturated heterocycles. The van der Waals surface area contributed by atoms with E-state index in [2.05, 4.69) is 26.0 Å². The lowest BCUT2D eigenvalue weighted by molar-refractivity contribution is -0.138. The standard InChI is InChI=1S/C13H13BrF3NO3/c1-4-7-10(14)9(13(15,16)17)5-8(12(20)21-3)11(7)18-6(2)19/h5H,4H2,1-3H3,(H,18,19). The molecule has 1 rings (SSSR count). The minimum absolute atomic E-state index is 0.0247. The van der Waals surface area contributed by atoms with E-state index in [1.807, 2.05) is 0 Å². The molecule has 0 fully saturated rings. The molecule has 0 aliphatic carbocycles. The van der Waals surface area contributed by atoms with Crippen LogP contribution in [0.25, 0.3) is 0 Å². The Morgan fingerprint density at radius 1 is 1.38 bits per heavy atom. The summed E-state index contributed by atoms with van der Waals surface area (Å²) in [6, 6.07) is 0.667. The van der Waals surface area contributed by atoms with Crippen molar-refractivity contribution in [3.05, 3.63) is 27.2 Å². The third-order valence-corrected chi connectivity index (χ3v) is 3.63. The highest BCUT2D eigenvalue weighted by molar-refractivity contribution is 9.10. The number of methoxy groups -OCH3 is 1. The molecule has 0 saturated carbocycles. The number of halogens is 4. The Morgan fingerprint density at radius 2 is 1.95 bits per heavy atom. The molecule has 1 N–H and O–H groups in total. The van der Waals surface area contributed by atoms with Gasteiger partial charge >= 0.3 is 12.1 Å². The summed E-state index contributed by atoms with van der Waals surface area (Å²) in [5.41, 5.74) is -1.12. The summed E-state index contributed by atoms with van der Waals surface area (Å²) in [7, 11) is 1.06. The Morgan fingerprint density at radius 3 is 2.33 bits per heavy atom. The zero-order chi connectivity index (χ0) is 16.4. The van der Waals surface area contributed by atoms with Gasteiger partial charge in [-0.15, -0.1) is 0 Å². The minimum Gasteiger partial charge on any atom is -0.465 e. The maximum Gasteiger partial charge on any atom is 0.417 e. The number of carbonyl (C=O) groups is 2. The van der Waals surface area contributed by atoms with Crippen LogP contribution in [0, 0.1) is 0 Å². The maximum atomic E-state index is 13.0. The molecule has 116 valence electrons. The molecule has 0 aliphatic heterocycles. The van der Waals surface area contributed by atoms with Gasteiger partial charge in [0.1, 0.15) is 0 Å². The predicted octanol–water partition coefficient (Wildman–Crippen LogP) is 3.78. The third-order valence-electron chi connectivity index (χ3n) is 2.73. The number of hydrogen-bond acceptors (Lipinski definition) is 3. The monoisotopic (exact) mass is 367 g/mol. The van der Waals surface area contributed by atoms with Crippen molar-refractivity contribution < 1.29 is 27.5 Å². The van der Waals surface area contributed by atoms with Crippen LogP contribution >= 0.6 is 15.9 Å². The summed E-state index contributed by atoms with van der Waals surface area (Å²) < 4.78 is 43.4. The Kier molecular flexibility index (Phi) is 5.38. The van der Waals surface area contributed by atoms with Crippen molar-refractivity contribution in [2.24, 2.45) is 0 Å². The minimum atomic E-state index is -4.64. The molecule has 1 aromatic carbocycles. The molecule has 0 aromatic heterocycles. The smallest absolute Gasteiger partial charge is 0.417 e. The second-order valence-corrected chi connectivity index (χ2v) is 4.96. The number of benzene rings is 1. The average Bonchev–Trinajstić information content (AvgIpc) is 2.36. The highest BCUT2D eigenvalue weighted by Crippen LogP contribution is 2.41. The molecule has 0 radical (unpaired) electrons. The average molecular weight is 368 g/mol. The summed E-state index contributed by atoms with van der Waals surface area (Å²) in [6.07, 6.45) is -4.45.